The number of para-hydroxylation sites is 1. The number of hydrogen-bond donors (Lipinski definition) is 0. The van der Waals surface area contributed by atoms with Crippen LogP contribution in [0.25, 0.3) is 33.7 Å². The Morgan fingerprint density at radius 1 is 1.10 bits per heavy atom. The number of thiazole rings is 1. The zero-order valence-electron chi connectivity index (χ0n) is 15.6. The van der Waals surface area contributed by atoms with Gasteiger partial charge in [0.25, 0.3) is 11.2 Å². The number of hydrogen-bond acceptors (Lipinski definition) is 7. The highest BCUT2D eigenvalue weighted by atomic mass is 32.1. The molecule has 31 heavy (non-hydrogen) atoms. The van der Waals surface area contributed by atoms with Gasteiger partial charge < -0.3 is 4.42 Å². The third kappa shape index (κ3) is 3.38. The molecule has 3 heterocycles. The molecule has 0 bridgehead atoms. The Morgan fingerprint density at radius 2 is 1.87 bits per heavy atom. The molecule has 0 N–H and O–H groups in total. The highest BCUT2D eigenvalue weighted by Crippen LogP contribution is 2.31. The van der Waals surface area contributed by atoms with Crippen LogP contribution in [0.4, 0.5) is 10.1 Å². The SMILES string of the molecule is O=c1/c(=C\c2ccc(-c3ccccc3[N+](=O)[O-])o2)sc2nc(-c3ccc(F)cc3)nn12. The zero-order valence-corrected chi connectivity index (χ0v) is 16.4. The molecule has 0 atom stereocenters. The first-order valence-corrected chi connectivity index (χ1v) is 9.82. The van der Waals surface area contributed by atoms with Crippen LogP contribution in [-0.2, 0) is 0 Å². The van der Waals surface area contributed by atoms with Gasteiger partial charge in [0.1, 0.15) is 21.9 Å². The van der Waals surface area contributed by atoms with Gasteiger partial charge in [-0.3, -0.25) is 14.9 Å². The van der Waals surface area contributed by atoms with Crippen molar-refractivity contribution in [2.75, 3.05) is 0 Å². The summed E-state index contributed by atoms with van der Waals surface area (Å²) in [6.45, 7) is 0. The molecular formula is C21H11FN4O4S. The summed E-state index contributed by atoms with van der Waals surface area (Å²) in [5.41, 5.74) is 0.507. The van der Waals surface area contributed by atoms with Gasteiger partial charge in [0, 0.05) is 17.7 Å². The van der Waals surface area contributed by atoms with Gasteiger partial charge in [0.05, 0.1) is 10.5 Å². The quantitative estimate of drug-likeness (QED) is 0.316. The summed E-state index contributed by atoms with van der Waals surface area (Å²) in [6, 6.07) is 15.2. The van der Waals surface area contributed by atoms with E-state index in [9.17, 15) is 19.3 Å². The van der Waals surface area contributed by atoms with Gasteiger partial charge in [-0.1, -0.05) is 23.5 Å². The number of furan rings is 1. The Kier molecular flexibility index (Phi) is 4.41. The van der Waals surface area contributed by atoms with Crippen LogP contribution in [0.15, 0.2) is 69.9 Å². The number of halogens is 1. The molecule has 0 spiro atoms. The Labute approximate surface area is 176 Å². The summed E-state index contributed by atoms with van der Waals surface area (Å²) < 4.78 is 20.4. The van der Waals surface area contributed by atoms with Crippen LogP contribution < -0.4 is 10.1 Å². The van der Waals surface area contributed by atoms with Crippen LogP contribution >= 0.6 is 11.3 Å². The molecule has 2 aromatic carbocycles. The minimum atomic E-state index is -0.477. The third-order valence-corrected chi connectivity index (χ3v) is 5.51. The van der Waals surface area contributed by atoms with E-state index in [0.29, 0.717) is 38.0 Å². The average Bonchev–Trinajstić information content (AvgIpc) is 3.46. The van der Waals surface area contributed by atoms with Gasteiger partial charge in [-0.05, 0) is 42.5 Å². The van der Waals surface area contributed by atoms with Crippen molar-refractivity contribution < 1.29 is 13.7 Å². The molecule has 0 unspecified atom stereocenters. The van der Waals surface area contributed by atoms with E-state index in [0.717, 1.165) is 11.3 Å². The maximum absolute atomic E-state index is 13.1. The lowest BCUT2D eigenvalue weighted by molar-refractivity contribution is -0.384. The number of nitrogens with zero attached hydrogens (tertiary/aromatic N) is 4. The maximum atomic E-state index is 13.1. The second-order valence-corrected chi connectivity index (χ2v) is 7.54. The smallest absolute Gasteiger partial charge is 0.291 e. The molecule has 0 aliphatic rings. The van der Waals surface area contributed by atoms with E-state index >= 15 is 0 Å². The molecule has 152 valence electrons. The average molecular weight is 434 g/mol. The second-order valence-electron chi connectivity index (χ2n) is 6.53. The van der Waals surface area contributed by atoms with E-state index in [1.807, 2.05) is 0 Å². The van der Waals surface area contributed by atoms with Crippen LogP contribution in [0.1, 0.15) is 5.76 Å². The molecule has 5 aromatic rings. The minimum absolute atomic E-state index is 0.0694. The third-order valence-electron chi connectivity index (χ3n) is 4.55. The maximum Gasteiger partial charge on any atom is 0.291 e. The van der Waals surface area contributed by atoms with E-state index in [1.54, 1.807) is 48.5 Å². The second kappa shape index (κ2) is 7.26. The Hall–Kier alpha value is -4.18. The molecule has 0 aliphatic heterocycles. The molecule has 0 fully saturated rings. The van der Waals surface area contributed by atoms with Crippen molar-refractivity contribution in [3.05, 3.63) is 97.2 Å². The number of nitro groups is 1. The summed E-state index contributed by atoms with van der Waals surface area (Å²) >= 11 is 1.13. The van der Waals surface area contributed by atoms with Gasteiger partial charge in [-0.25, -0.2) is 4.39 Å². The summed E-state index contributed by atoms with van der Waals surface area (Å²) in [5.74, 6) is 0.647. The summed E-state index contributed by atoms with van der Waals surface area (Å²) in [6.07, 6.45) is 1.54. The van der Waals surface area contributed by atoms with Gasteiger partial charge >= 0.3 is 0 Å². The van der Waals surface area contributed by atoms with Crippen molar-refractivity contribution in [1.82, 2.24) is 14.6 Å². The highest BCUT2D eigenvalue weighted by molar-refractivity contribution is 7.15. The van der Waals surface area contributed by atoms with Crippen molar-refractivity contribution in [2.45, 2.75) is 0 Å². The van der Waals surface area contributed by atoms with Crippen LogP contribution in [0.3, 0.4) is 0 Å². The monoisotopic (exact) mass is 434 g/mol. The number of rotatable bonds is 4. The lowest BCUT2D eigenvalue weighted by Crippen LogP contribution is -2.23. The van der Waals surface area contributed by atoms with Crippen LogP contribution in [0.5, 0.6) is 0 Å². The van der Waals surface area contributed by atoms with E-state index in [2.05, 4.69) is 10.1 Å². The lowest BCUT2D eigenvalue weighted by Gasteiger charge is -1.98. The van der Waals surface area contributed by atoms with E-state index in [1.165, 1.54) is 22.7 Å². The number of fused-ring (bicyclic) bond motifs is 1. The molecule has 0 radical (unpaired) electrons. The number of nitro benzene ring substituents is 1. The highest BCUT2D eigenvalue weighted by Gasteiger charge is 2.17. The van der Waals surface area contributed by atoms with Crippen LogP contribution in [0.2, 0.25) is 0 Å². The van der Waals surface area contributed by atoms with Gasteiger partial charge in [-0.2, -0.15) is 9.50 Å². The van der Waals surface area contributed by atoms with Crippen molar-refractivity contribution in [3.8, 4) is 22.7 Å². The normalized spacial score (nSPS) is 12.0. The zero-order chi connectivity index (χ0) is 21.5. The first-order valence-electron chi connectivity index (χ1n) is 9.00. The standard InChI is InChI=1S/C21H11FN4O4S/c22-13-7-5-12(6-8-13)19-23-21-25(24-19)20(27)18(31-21)11-14-9-10-17(30-14)15-3-1-2-4-16(15)26(28)29/h1-11H/b18-11+. The molecule has 0 amide bonds. The Balaban J connectivity index is 1.52. The molecule has 8 nitrogen and oxygen atoms in total. The molecule has 5 rings (SSSR count). The molecule has 0 saturated heterocycles. The van der Waals surface area contributed by atoms with Gasteiger partial charge in [0.2, 0.25) is 4.96 Å². The van der Waals surface area contributed by atoms with E-state index in [4.69, 9.17) is 4.42 Å². The van der Waals surface area contributed by atoms with Crippen molar-refractivity contribution in [3.63, 3.8) is 0 Å². The van der Waals surface area contributed by atoms with Gasteiger partial charge in [0.15, 0.2) is 5.82 Å². The lowest BCUT2D eigenvalue weighted by atomic mass is 10.1. The van der Waals surface area contributed by atoms with Crippen LogP contribution in [0, 0.1) is 15.9 Å². The molecule has 10 heteroatoms. The fraction of sp³-hybridized carbons (Fsp3) is 0. The summed E-state index contributed by atoms with van der Waals surface area (Å²) in [4.78, 5) is 28.2. The first kappa shape index (κ1) is 18.8. The van der Waals surface area contributed by atoms with E-state index in [-0.39, 0.29) is 17.1 Å². The van der Waals surface area contributed by atoms with Crippen molar-refractivity contribution >= 4 is 28.1 Å². The fourth-order valence-corrected chi connectivity index (χ4v) is 3.99. The molecule has 3 aromatic heterocycles. The molecular weight excluding hydrogens is 423 g/mol. The summed E-state index contributed by atoms with van der Waals surface area (Å²) in [7, 11) is 0. The Bertz CT molecular complexity index is 1550. The summed E-state index contributed by atoms with van der Waals surface area (Å²) in [5, 5.41) is 15.4. The predicted octanol–water partition coefficient (Wildman–Crippen LogP) is 3.67. The van der Waals surface area contributed by atoms with Gasteiger partial charge in [-0.15, -0.1) is 5.10 Å². The first-order chi connectivity index (χ1) is 15.0. The number of benzene rings is 2. The molecule has 0 aliphatic carbocycles. The number of aromatic nitrogens is 3. The Morgan fingerprint density at radius 3 is 2.61 bits per heavy atom. The topological polar surface area (TPSA) is 104 Å². The van der Waals surface area contributed by atoms with Crippen molar-refractivity contribution in [1.29, 1.82) is 0 Å². The molecule has 0 saturated carbocycles. The fourth-order valence-electron chi connectivity index (χ4n) is 3.10. The van der Waals surface area contributed by atoms with Crippen LogP contribution in [-0.4, -0.2) is 19.5 Å². The largest absolute Gasteiger partial charge is 0.456 e. The minimum Gasteiger partial charge on any atom is -0.456 e. The van der Waals surface area contributed by atoms with E-state index < -0.39 is 4.92 Å². The predicted molar refractivity (Wildman–Crippen MR) is 112 cm³/mol. The van der Waals surface area contributed by atoms with Crippen molar-refractivity contribution in [2.24, 2.45) is 0 Å².